The van der Waals surface area contributed by atoms with Crippen molar-refractivity contribution in [1.82, 2.24) is 5.32 Å². The highest BCUT2D eigenvalue weighted by Gasteiger charge is 2.13. The Bertz CT molecular complexity index is 696. The third kappa shape index (κ3) is 5.39. The van der Waals surface area contributed by atoms with Crippen molar-refractivity contribution in [2.24, 2.45) is 0 Å². The van der Waals surface area contributed by atoms with E-state index in [9.17, 15) is 9.59 Å². The molecular formula is C19H21ClN2O2. The number of nitrogens with zero attached hydrogens (tertiary/aromatic N) is 1. The highest BCUT2D eigenvalue weighted by molar-refractivity contribution is 6.30. The minimum Gasteiger partial charge on any atom is -0.352 e. The van der Waals surface area contributed by atoms with Crippen molar-refractivity contribution in [2.75, 3.05) is 11.4 Å². The summed E-state index contributed by atoms with van der Waals surface area (Å²) in [5, 5.41) is 3.48. The summed E-state index contributed by atoms with van der Waals surface area (Å²) < 4.78 is 0. The maximum Gasteiger partial charge on any atom is 0.223 e. The second-order valence-electron chi connectivity index (χ2n) is 5.66. The minimum atomic E-state index is -0.108. The largest absolute Gasteiger partial charge is 0.352 e. The van der Waals surface area contributed by atoms with Gasteiger partial charge in [0.05, 0.1) is 0 Å². The minimum absolute atomic E-state index is 0.0872. The molecule has 0 spiro atoms. The molecule has 0 bridgehead atoms. The number of nitrogens with one attached hydrogen (secondary N) is 1. The van der Waals surface area contributed by atoms with Gasteiger partial charge in [-0.05, 0) is 36.8 Å². The van der Waals surface area contributed by atoms with Crippen LogP contribution in [0.15, 0.2) is 48.5 Å². The number of rotatable bonds is 6. The van der Waals surface area contributed by atoms with E-state index in [1.807, 2.05) is 31.2 Å². The van der Waals surface area contributed by atoms with Gasteiger partial charge in [-0.15, -0.1) is 0 Å². The first-order valence-electron chi connectivity index (χ1n) is 7.81. The van der Waals surface area contributed by atoms with Gasteiger partial charge >= 0.3 is 0 Å². The van der Waals surface area contributed by atoms with E-state index < -0.39 is 0 Å². The quantitative estimate of drug-likeness (QED) is 0.868. The first kappa shape index (κ1) is 18.0. The summed E-state index contributed by atoms with van der Waals surface area (Å²) in [4.78, 5) is 25.4. The fourth-order valence-electron chi connectivity index (χ4n) is 2.30. The Balaban J connectivity index is 1.87. The number of carbonyl (C=O) groups is 2. The molecule has 0 aromatic heterocycles. The molecule has 0 atom stereocenters. The van der Waals surface area contributed by atoms with Crippen LogP contribution in [0.5, 0.6) is 0 Å². The van der Waals surface area contributed by atoms with Gasteiger partial charge in [-0.2, -0.15) is 0 Å². The van der Waals surface area contributed by atoms with Gasteiger partial charge in [-0.1, -0.05) is 41.4 Å². The average Bonchev–Trinajstić information content (AvgIpc) is 2.56. The van der Waals surface area contributed by atoms with Crippen molar-refractivity contribution in [3.05, 3.63) is 64.7 Å². The summed E-state index contributed by atoms with van der Waals surface area (Å²) in [6.45, 7) is 4.32. The summed E-state index contributed by atoms with van der Waals surface area (Å²) in [6.07, 6.45) is 0.244. The molecule has 2 amide bonds. The maximum absolute atomic E-state index is 12.0. The van der Waals surface area contributed by atoms with E-state index in [-0.39, 0.29) is 18.2 Å². The summed E-state index contributed by atoms with van der Waals surface area (Å²) in [7, 11) is 0. The van der Waals surface area contributed by atoms with Gasteiger partial charge in [-0.25, -0.2) is 0 Å². The molecule has 0 saturated heterocycles. The van der Waals surface area contributed by atoms with Crippen LogP contribution in [0.2, 0.25) is 5.02 Å². The Morgan fingerprint density at radius 3 is 2.25 bits per heavy atom. The lowest BCUT2D eigenvalue weighted by molar-refractivity contribution is -0.121. The predicted octanol–water partition coefficient (Wildman–Crippen LogP) is 3.71. The van der Waals surface area contributed by atoms with E-state index >= 15 is 0 Å². The molecule has 5 heteroatoms. The van der Waals surface area contributed by atoms with Gasteiger partial charge in [0.2, 0.25) is 11.8 Å². The van der Waals surface area contributed by atoms with Crippen molar-refractivity contribution < 1.29 is 9.59 Å². The smallest absolute Gasteiger partial charge is 0.223 e. The standard InChI is InChI=1S/C19H21ClN2O2/c1-14-3-5-16(6-4-14)13-21-19(24)11-12-22(15(2)23)18-9-7-17(20)8-10-18/h3-10H,11-13H2,1-2H3,(H,21,24). The maximum atomic E-state index is 12.0. The molecular weight excluding hydrogens is 324 g/mol. The zero-order valence-electron chi connectivity index (χ0n) is 13.9. The van der Waals surface area contributed by atoms with Gasteiger partial charge in [0.15, 0.2) is 0 Å². The second-order valence-corrected chi connectivity index (χ2v) is 6.10. The third-order valence-corrected chi connectivity index (χ3v) is 3.94. The summed E-state index contributed by atoms with van der Waals surface area (Å²) in [6, 6.07) is 15.0. The van der Waals surface area contributed by atoms with Gasteiger partial charge in [0, 0.05) is 37.1 Å². The lowest BCUT2D eigenvalue weighted by atomic mass is 10.1. The van der Waals surface area contributed by atoms with Crippen molar-refractivity contribution >= 4 is 29.1 Å². The van der Waals surface area contributed by atoms with E-state index in [4.69, 9.17) is 11.6 Å². The SMILES string of the molecule is CC(=O)N(CCC(=O)NCc1ccc(C)cc1)c1ccc(Cl)cc1. The molecule has 0 saturated carbocycles. The number of hydrogen-bond donors (Lipinski definition) is 1. The second kappa shape index (κ2) is 8.50. The fraction of sp³-hybridized carbons (Fsp3) is 0.263. The number of halogens is 1. The van der Waals surface area contributed by atoms with Gasteiger partial charge in [-0.3, -0.25) is 9.59 Å². The van der Waals surface area contributed by atoms with E-state index in [2.05, 4.69) is 5.32 Å². The Kier molecular flexibility index (Phi) is 6.38. The molecule has 2 aromatic carbocycles. The van der Waals surface area contributed by atoms with E-state index in [1.165, 1.54) is 12.5 Å². The van der Waals surface area contributed by atoms with Crippen molar-refractivity contribution in [3.8, 4) is 0 Å². The van der Waals surface area contributed by atoms with E-state index in [0.717, 1.165) is 11.3 Å². The summed E-state index contributed by atoms with van der Waals surface area (Å²) in [5.74, 6) is -0.195. The van der Waals surface area contributed by atoms with Crippen LogP contribution in [-0.2, 0) is 16.1 Å². The van der Waals surface area contributed by atoms with Crippen LogP contribution in [0, 0.1) is 6.92 Å². The zero-order valence-corrected chi connectivity index (χ0v) is 14.6. The van der Waals surface area contributed by atoms with Gasteiger partial charge in [0.1, 0.15) is 0 Å². The molecule has 0 heterocycles. The summed E-state index contributed by atoms with van der Waals surface area (Å²) in [5.41, 5.74) is 2.97. The van der Waals surface area contributed by atoms with E-state index in [1.54, 1.807) is 29.2 Å². The monoisotopic (exact) mass is 344 g/mol. The first-order valence-corrected chi connectivity index (χ1v) is 8.19. The molecule has 2 aromatic rings. The molecule has 2 rings (SSSR count). The number of aryl methyl sites for hydroxylation is 1. The molecule has 0 aliphatic rings. The van der Waals surface area contributed by atoms with Crippen LogP contribution in [0.4, 0.5) is 5.69 Å². The van der Waals surface area contributed by atoms with Crippen LogP contribution < -0.4 is 10.2 Å². The zero-order chi connectivity index (χ0) is 17.5. The molecule has 0 unspecified atom stereocenters. The van der Waals surface area contributed by atoms with Crippen molar-refractivity contribution in [2.45, 2.75) is 26.8 Å². The molecule has 0 aliphatic carbocycles. The van der Waals surface area contributed by atoms with Crippen LogP contribution in [-0.4, -0.2) is 18.4 Å². The van der Waals surface area contributed by atoms with Crippen LogP contribution in [0.3, 0.4) is 0 Å². The molecule has 1 N–H and O–H groups in total. The molecule has 126 valence electrons. The van der Waals surface area contributed by atoms with Crippen LogP contribution >= 0.6 is 11.6 Å². The third-order valence-electron chi connectivity index (χ3n) is 3.69. The normalized spacial score (nSPS) is 10.3. The Morgan fingerprint density at radius 1 is 1.04 bits per heavy atom. The first-order chi connectivity index (χ1) is 11.5. The topological polar surface area (TPSA) is 49.4 Å². The molecule has 0 aliphatic heterocycles. The Labute approximate surface area is 147 Å². The highest BCUT2D eigenvalue weighted by atomic mass is 35.5. The molecule has 0 radical (unpaired) electrons. The number of hydrogen-bond acceptors (Lipinski definition) is 2. The lowest BCUT2D eigenvalue weighted by Gasteiger charge is -2.21. The van der Waals surface area contributed by atoms with Crippen molar-refractivity contribution in [3.63, 3.8) is 0 Å². The summed E-state index contributed by atoms with van der Waals surface area (Å²) >= 11 is 5.87. The number of amides is 2. The van der Waals surface area contributed by atoms with E-state index in [0.29, 0.717) is 18.1 Å². The van der Waals surface area contributed by atoms with Gasteiger partial charge < -0.3 is 10.2 Å². The molecule has 24 heavy (non-hydrogen) atoms. The van der Waals surface area contributed by atoms with Gasteiger partial charge in [0.25, 0.3) is 0 Å². The molecule has 4 nitrogen and oxygen atoms in total. The highest BCUT2D eigenvalue weighted by Crippen LogP contribution is 2.18. The number of benzene rings is 2. The van der Waals surface area contributed by atoms with Crippen LogP contribution in [0.1, 0.15) is 24.5 Å². The van der Waals surface area contributed by atoms with Crippen molar-refractivity contribution in [1.29, 1.82) is 0 Å². The fourth-order valence-corrected chi connectivity index (χ4v) is 2.42. The van der Waals surface area contributed by atoms with Crippen LogP contribution in [0.25, 0.3) is 0 Å². The Morgan fingerprint density at radius 2 is 1.67 bits per heavy atom. The predicted molar refractivity (Wildman–Crippen MR) is 97.1 cm³/mol. The average molecular weight is 345 g/mol. The number of anilines is 1. The lowest BCUT2D eigenvalue weighted by Crippen LogP contribution is -2.33. The number of carbonyl (C=O) groups excluding carboxylic acids is 2. The Hall–Kier alpha value is -2.33. The molecule has 0 fully saturated rings.